The molecule has 0 fully saturated rings. The number of pyridine rings is 1. The number of rotatable bonds is 4. The number of anilines is 4. The molecule has 0 spiro atoms. The van der Waals surface area contributed by atoms with Gasteiger partial charge in [-0.1, -0.05) is 35.9 Å². The summed E-state index contributed by atoms with van der Waals surface area (Å²) in [5, 5.41) is 8.27. The third kappa shape index (κ3) is 3.68. The van der Waals surface area contributed by atoms with E-state index in [0.717, 1.165) is 33.4 Å². The fourth-order valence-electron chi connectivity index (χ4n) is 3.02. The van der Waals surface area contributed by atoms with E-state index < -0.39 is 0 Å². The molecule has 5 nitrogen and oxygen atoms in total. The predicted molar refractivity (Wildman–Crippen MR) is 111 cm³/mol. The molecule has 134 valence electrons. The summed E-state index contributed by atoms with van der Waals surface area (Å²) in [7, 11) is 0. The molecule has 4 aromatic rings. The third-order valence-electron chi connectivity index (χ3n) is 4.22. The quantitative estimate of drug-likeness (QED) is 0.473. The van der Waals surface area contributed by atoms with Gasteiger partial charge in [0.2, 0.25) is 5.95 Å². The number of fused-ring (bicyclic) bond motifs is 1. The number of halogens is 1. The van der Waals surface area contributed by atoms with Gasteiger partial charge in [-0.15, -0.1) is 0 Å². The molecule has 0 aliphatic carbocycles. The molecule has 0 atom stereocenters. The fraction of sp³-hybridized carbons (Fsp3) is 0.0952. The number of para-hydroxylation sites is 1. The third-order valence-corrected chi connectivity index (χ3v) is 4.52. The number of aryl methyl sites for hydroxylation is 2. The highest BCUT2D eigenvalue weighted by atomic mass is 35.5. The van der Waals surface area contributed by atoms with E-state index in [-0.39, 0.29) is 0 Å². The molecule has 0 aliphatic rings. The van der Waals surface area contributed by atoms with Crippen LogP contribution in [0.2, 0.25) is 5.02 Å². The Balaban J connectivity index is 1.63. The summed E-state index contributed by atoms with van der Waals surface area (Å²) in [5.41, 5.74) is 4.76. The standard InChI is InChI=1S/C21H18ClN5/c1-13-11-14(2)19(16(22)12-13)26-18-8-10-24-21(27-18)25-17-7-3-5-15-6-4-9-23-20(15)17/h3-12H,1-2H3,(H2,24,25,26,27). The van der Waals surface area contributed by atoms with Crippen LogP contribution in [-0.2, 0) is 0 Å². The van der Waals surface area contributed by atoms with Crippen molar-refractivity contribution < 1.29 is 0 Å². The molecule has 0 bridgehead atoms. The van der Waals surface area contributed by atoms with Gasteiger partial charge in [0.25, 0.3) is 0 Å². The highest BCUT2D eigenvalue weighted by molar-refractivity contribution is 6.33. The Kier molecular flexibility index (Phi) is 4.60. The summed E-state index contributed by atoms with van der Waals surface area (Å²) in [4.78, 5) is 13.3. The van der Waals surface area contributed by atoms with Gasteiger partial charge >= 0.3 is 0 Å². The molecule has 2 heterocycles. The number of nitrogens with zero attached hydrogens (tertiary/aromatic N) is 3. The first kappa shape index (κ1) is 17.2. The van der Waals surface area contributed by atoms with E-state index in [9.17, 15) is 0 Å². The number of hydrogen-bond donors (Lipinski definition) is 2. The van der Waals surface area contributed by atoms with Crippen molar-refractivity contribution in [2.24, 2.45) is 0 Å². The summed E-state index contributed by atoms with van der Waals surface area (Å²) >= 11 is 6.39. The van der Waals surface area contributed by atoms with E-state index >= 15 is 0 Å². The van der Waals surface area contributed by atoms with E-state index in [0.29, 0.717) is 16.8 Å². The second-order valence-corrected chi connectivity index (χ2v) is 6.74. The molecule has 2 aromatic heterocycles. The van der Waals surface area contributed by atoms with Crippen molar-refractivity contribution in [2.45, 2.75) is 13.8 Å². The number of benzene rings is 2. The van der Waals surface area contributed by atoms with E-state index in [2.05, 4.69) is 31.7 Å². The molecular weight excluding hydrogens is 358 g/mol. The van der Waals surface area contributed by atoms with Gasteiger partial charge in [-0.2, -0.15) is 4.98 Å². The van der Waals surface area contributed by atoms with E-state index in [1.807, 2.05) is 56.3 Å². The van der Waals surface area contributed by atoms with Gasteiger partial charge in [-0.05, 0) is 49.2 Å². The minimum Gasteiger partial charge on any atom is -0.339 e. The van der Waals surface area contributed by atoms with Gasteiger partial charge in [0.05, 0.1) is 21.9 Å². The second-order valence-electron chi connectivity index (χ2n) is 6.33. The molecule has 0 amide bonds. The second kappa shape index (κ2) is 7.21. The van der Waals surface area contributed by atoms with Crippen LogP contribution in [0.25, 0.3) is 10.9 Å². The zero-order valence-electron chi connectivity index (χ0n) is 15.0. The molecule has 2 N–H and O–H groups in total. The molecule has 2 aromatic carbocycles. The lowest BCUT2D eigenvalue weighted by Crippen LogP contribution is -2.02. The van der Waals surface area contributed by atoms with Crippen LogP contribution in [0.1, 0.15) is 11.1 Å². The Labute approximate surface area is 162 Å². The molecule has 0 saturated heterocycles. The summed E-state index contributed by atoms with van der Waals surface area (Å²) in [6, 6.07) is 15.7. The van der Waals surface area contributed by atoms with Crippen molar-refractivity contribution in [3.63, 3.8) is 0 Å². The van der Waals surface area contributed by atoms with Crippen molar-refractivity contribution in [3.8, 4) is 0 Å². The van der Waals surface area contributed by atoms with Crippen LogP contribution in [0.5, 0.6) is 0 Å². The lowest BCUT2D eigenvalue weighted by atomic mass is 10.1. The summed E-state index contributed by atoms with van der Waals surface area (Å²) < 4.78 is 0. The van der Waals surface area contributed by atoms with Crippen molar-refractivity contribution in [3.05, 3.63) is 77.1 Å². The first-order chi connectivity index (χ1) is 13.1. The summed E-state index contributed by atoms with van der Waals surface area (Å²) in [5.74, 6) is 1.15. The number of aromatic nitrogens is 3. The summed E-state index contributed by atoms with van der Waals surface area (Å²) in [6.07, 6.45) is 3.47. The van der Waals surface area contributed by atoms with Gasteiger partial charge < -0.3 is 10.6 Å². The monoisotopic (exact) mass is 375 g/mol. The Morgan fingerprint density at radius 2 is 1.74 bits per heavy atom. The maximum Gasteiger partial charge on any atom is 0.229 e. The topological polar surface area (TPSA) is 62.7 Å². The maximum atomic E-state index is 6.39. The van der Waals surface area contributed by atoms with Crippen LogP contribution in [0.15, 0.2) is 60.9 Å². The van der Waals surface area contributed by atoms with Crippen molar-refractivity contribution >= 4 is 45.6 Å². The average Bonchev–Trinajstić information content (AvgIpc) is 2.65. The van der Waals surface area contributed by atoms with Crippen LogP contribution < -0.4 is 10.6 Å². The van der Waals surface area contributed by atoms with Gasteiger partial charge in [-0.25, -0.2) is 4.98 Å². The molecule has 0 aliphatic heterocycles. The van der Waals surface area contributed by atoms with E-state index in [1.54, 1.807) is 12.4 Å². The molecule has 4 rings (SSSR count). The lowest BCUT2D eigenvalue weighted by molar-refractivity contribution is 1.16. The predicted octanol–water partition coefficient (Wildman–Crippen LogP) is 5.78. The van der Waals surface area contributed by atoms with Crippen molar-refractivity contribution in [1.29, 1.82) is 0 Å². The van der Waals surface area contributed by atoms with Crippen molar-refractivity contribution in [1.82, 2.24) is 15.0 Å². The van der Waals surface area contributed by atoms with Gasteiger partial charge in [0.1, 0.15) is 5.82 Å². The van der Waals surface area contributed by atoms with Crippen LogP contribution in [0, 0.1) is 13.8 Å². The molecule has 0 radical (unpaired) electrons. The Morgan fingerprint density at radius 3 is 2.59 bits per heavy atom. The smallest absolute Gasteiger partial charge is 0.229 e. The molecular formula is C21H18ClN5. The minimum absolute atomic E-state index is 0.485. The zero-order valence-corrected chi connectivity index (χ0v) is 15.7. The van der Waals surface area contributed by atoms with Crippen molar-refractivity contribution in [2.75, 3.05) is 10.6 Å². The fourth-order valence-corrected chi connectivity index (χ4v) is 3.38. The largest absolute Gasteiger partial charge is 0.339 e. The molecule has 0 saturated carbocycles. The van der Waals surface area contributed by atoms with Crippen LogP contribution in [0.4, 0.5) is 23.1 Å². The first-order valence-electron chi connectivity index (χ1n) is 8.58. The Hall–Kier alpha value is -3.18. The van der Waals surface area contributed by atoms with Gasteiger partial charge in [-0.3, -0.25) is 4.98 Å². The van der Waals surface area contributed by atoms with Gasteiger partial charge in [0, 0.05) is 17.8 Å². The van der Waals surface area contributed by atoms with Crippen LogP contribution >= 0.6 is 11.6 Å². The molecule has 6 heteroatoms. The van der Waals surface area contributed by atoms with Crippen LogP contribution in [-0.4, -0.2) is 15.0 Å². The Morgan fingerprint density at radius 1 is 0.889 bits per heavy atom. The highest BCUT2D eigenvalue weighted by Gasteiger charge is 2.08. The van der Waals surface area contributed by atoms with Crippen LogP contribution in [0.3, 0.4) is 0 Å². The molecule has 27 heavy (non-hydrogen) atoms. The maximum absolute atomic E-state index is 6.39. The van der Waals surface area contributed by atoms with Gasteiger partial charge in [0.15, 0.2) is 0 Å². The normalized spacial score (nSPS) is 10.8. The lowest BCUT2D eigenvalue weighted by Gasteiger charge is -2.13. The number of hydrogen-bond acceptors (Lipinski definition) is 5. The SMILES string of the molecule is Cc1cc(C)c(Nc2ccnc(Nc3cccc4cccnc34)n2)c(Cl)c1. The number of nitrogens with one attached hydrogen (secondary N) is 2. The Bertz CT molecular complexity index is 1100. The minimum atomic E-state index is 0.485. The summed E-state index contributed by atoms with van der Waals surface area (Å²) in [6.45, 7) is 4.04. The van der Waals surface area contributed by atoms with E-state index in [1.165, 1.54) is 0 Å². The average molecular weight is 376 g/mol. The first-order valence-corrected chi connectivity index (χ1v) is 8.95. The highest BCUT2D eigenvalue weighted by Crippen LogP contribution is 2.30. The van der Waals surface area contributed by atoms with E-state index in [4.69, 9.17) is 11.6 Å². The molecule has 0 unspecified atom stereocenters. The zero-order chi connectivity index (χ0) is 18.8.